The molecule has 1 aliphatic heterocycles. The van der Waals surface area contributed by atoms with Crippen LogP contribution in [0, 0.1) is 0 Å². The van der Waals surface area contributed by atoms with Crippen molar-refractivity contribution in [2.45, 2.75) is 19.5 Å². The van der Waals surface area contributed by atoms with E-state index in [0.717, 1.165) is 56.2 Å². The Labute approximate surface area is 170 Å². The van der Waals surface area contributed by atoms with Gasteiger partial charge in [-0.3, -0.25) is 14.9 Å². The van der Waals surface area contributed by atoms with Crippen molar-refractivity contribution in [3.05, 3.63) is 65.7 Å². The summed E-state index contributed by atoms with van der Waals surface area (Å²) < 4.78 is 10.3. The second kappa shape index (κ2) is 9.07. The molecule has 1 saturated heterocycles. The van der Waals surface area contributed by atoms with E-state index in [9.17, 15) is 4.79 Å². The van der Waals surface area contributed by atoms with Gasteiger partial charge in [0.15, 0.2) is 0 Å². The average Bonchev–Trinajstić information content (AvgIpc) is 3.35. The van der Waals surface area contributed by atoms with Gasteiger partial charge in [-0.1, -0.05) is 30.3 Å². The number of hydrogen-bond acceptors (Lipinski definition) is 6. The summed E-state index contributed by atoms with van der Waals surface area (Å²) in [5, 5.41) is 7.42. The summed E-state index contributed by atoms with van der Waals surface area (Å²) >= 11 is 0. The fourth-order valence-electron chi connectivity index (χ4n) is 3.76. The standard InChI is InChI=1S/C22H26N4O3/c1-28-22(27)20-9-8-19(29-20)16-26-11-5-10-25(12-13-26)15-18-14-23-24-21(18)17-6-3-2-4-7-17/h2-4,6-9,14H,5,10-13,15-16H2,1H3,(H,23,24). The van der Waals surface area contributed by atoms with Crippen molar-refractivity contribution in [2.24, 2.45) is 0 Å². The number of ether oxygens (including phenoxy) is 1. The minimum absolute atomic E-state index is 0.257. The number of methoxy groups -OCH3 is 1. The highest BCUT2D eigenvalue weighted by Crippen LogP contribution is 2.22. The summed E-state index contributed by atoms with van der Waals surface area (Å²) in [4.78, 5) is 16.4. The van der Waals surface area contributed by atoms with Crippen molar-refractivity contribution in [2.75, 3.05) is 33.3 Å². The number of hydrogen-bond donors (Lipinski definition) is 1. The molecule has 29 heavy (non-hydrogen) atoms. The van der Waals surface area contributed by atoms with Gasteiger partial charge in [0.05, 0.1) is 25.5 Å². The lowest BCUT2D eigenvalue weighted by molar-refractivity contribution is 0.0561. The van der Waals surface area contributed by atoms with Crippen molar-refractivity contribution in [1.29, 1.82) is 0 Å². The maximum atomic E-state index is 11.6. The minimum Gasteiger partial charge on any atom is -0.463 e. The number of benzene rings is 1. The predicted molar refractivity (Wildman–Crippen MR) is 109 cm³/mol. The number of furan rings is 1. The average molecular weight is 394 g/mol. The monoisotopic (exact) mass is 394 g/mol. The van der Waals surface area contributed by atoms with Crippen molar-refractivity contribution in [1.82, 2.24) is 20.0 Å². The third kappa shape index (κ3) is 4.75. The van der Waals surface area contributed by atoms with Crippen LogP contribution in [-0.4, -0.2) is 59.3 Å². The van der Waals surface area contributed by atoms with Gasteiger partial charge in [0, 0.05) is 25.2 Å². The fourth-order valence-corrected chi connectivity index (χ4v) is 3.76. The molecular weight excluding hydrogens is 368 g/mol. The molecular formula is C22H26N4O3. The van der Waals surface area contributed by atoms with Gasteiger partial charge in [-0.2, -0.15) is 5.10 Å². The van der Waals surface area contributed by atoms with E-state index in [1.165, 1.54) is 12.7 Å². The smallest absolute Gasteiger partial charge is 0.373 e. The van der Waals surface area contributed by atoms with Crippen LogP contribution in [0.15, 0.2) is 53.1 Å². The highest BCUT2D eigenvalue weighted by molar-refractivity contribution is 5.86. The second-order valence-corrected chi connectivity index (χ2v) is 7.30. The van der Waals surface area contributed by atoms with Gasteiger partial charge < -0.3 is 9.15 Å². The van der Waals surface area contributed by atoms with E-state index in [1.54, 1.807) is 6.07 Å². The van der Waals surface area contributed by atoms with Gasteiger partial charge in [0.1, 0.15) is 5.76 Å². The molecule has 0 atom stereocenters. The van der Waals surface area contributed by atoms with Gasteiger partial charge >= 0.3 is 5.97 Å². The molecule has 0 radical (unpaired) electrons. The molecule has 0 aliphatic carbocycles. The Bertz CT molecular complexity index is 934. The maximum Gasteiger partial charge on any atom is 0.373 e. The molecule has 1 aromatic carbocycles. The first-order valence-electron chi connectivity index (χ1n) is 9.92. The summed E-state index contributed by atoms with van der Waals surface area (Å²) in [5.74, 6) is 0.611. The van der Waals surface area contributed by atoms with Gasteiger partial charge in [0.2, 0.25) is 5.76 Å². The summed E-state index contributed by atoms with van der Waals surface area (Å²) in [7, 11) is 1.36. The number of nitrogens with zero attached hydrogens (tertiary/aromatic N) is 3. The van der Waals surface area contributed by atoms with Crippen molar-refractivity contribution >= 4 is 5.97 Å². The number of aromatic nitrogens is 2. The molecule has 0 spiro atoms. The summed E-state index contributed by atoms with van der Waals surface area (Å²) in [6.45, 7) is 5.55. The third-order valence-electron chi connectivity index (χ3n) is 5.28. The predicted octanol–water partition coefficient (Wildman–Crippen LogP) is 3.16. The maximum absolute atomic E-state index is 11.6. The molecule has 7 heteroatoms. The Morgan fingerprint density at radius 1 is 1.07 bits per heavy atom. The van der Waals surface area contributed by atoms with Crippen LogP contribution in [0.5, 0.6) is 0 Å². The first kappa shape index (κ1) is 19.4. The molecule has 152 valence electrons. The van der Waals surface area contributed by atoms with Gasteiger partial charge in [-0.05, 0) is 37.2 Å². The van der Waals surface area contributed by atoms with E-state index in [2.05, 4.69) is 32.1 Å². The molecule has 0 unspecified atom stereocenters. The number of carbonyl (C=O) groups excluding carboxylic acids is 1. The zero-order valence-corrected chi connectivity index (χ0v) is 16.6. The van der Waals surface area contributed by atoms with Gasteiger partial charge in [-0.25, -0.2) is 4.79 Å². The van der Waals surface area contributed by atoms with E-state index >= 15 is 0 Å². The molecule has 0 amide bonds. The van der Waals surface area contributed by atoms with Crippen LogP contribution in [0.25, 0.3) is 11.3 Å². The van der Waals surface area contributed by atoms with Crippen LogP contribution in [0.2, 0.25) is 0 Å². The third-order valence-corrected chi connectivity index (χ3v) is 5.28. The van der Waals surface area contributed by atoms with Crippen LogP contribution >= 0.6 is 0 Å². The van der Waals surface area contributed by atoms with Crippen LogP contribution in [0.1, 0.15) is 28.3 Å². The first-order valence-corrected chi connectivity index (χ1v) is 9.92. The Hall–Kier alpha value is -2.90. The van der Waals surface area contributed by atoms with Gasteiger partial charge in [-0.15, -0.1) is 0 Å². The molecule has 0 saturated carbocycles. The van der Waals surface area contributed by atoms with Crippen LogP contribution < -0.4 is 0 Å². The molecule has 3 aromatic rings. The summed E-state index contributed by atoms with van der Waals surface area (Å²) in [5.41, 5.74) is 3.48. The number of aromatic amines is 1. The fraction of sp³-hybridized carbons (Fsp3) is 0.364. The SMILES string of the molecule is COC(=O)c1ccc(CN2CCCN(Cc3cn[nH]c3-c3ccccc3)CC2)o1. The molecule has 1 aliphatic rings. The zero-order valence-electron chi connectivity index (χ0n) is 16.6. The normalized spacial score (nSPS) is 15.9. The molecule has 1 N–H and O–H groups in total. The van der Waals surface area contributed by atoms with E-state index in [1.807, 2.05) is 30.5 Å². The Morgan fingerprint density at radius 2 is 1.83 bits per heavy atom. The van der Waals surface area contributed by atoms with Gasteiger partial charge in [0.25, 0.3) is 0 Å². The van der Waals surface area contributed by atoms with Crippen molar-refractivity contribution in [3.8, 4) is 11.3 Å². The molecule has 4 rings (SSSR count). The molecule has 3 heterocycles. The lowest BCUT2D eigenvalue weighted by atomic mass is 10.1. The van der Waals surface area contributed by atoms with Crippen molar-refractivity contribution < 1.29 is 13.9 Å². The van der Waals surface area contributed by atoms with E-state index < -0.39 is 5.97 Å². The highest BCUT2D eigenvalue weighted by atomic mass is 16.5. The number of nitrogens with one attached hydrogen (secondary N) is 1. The second-order valence-electron chi connectivity index (χ2n) is 7.30. The number of carbonyl (C=O) groups is 1. The Balaban J connectivity index is 1.35. The molecule has 7 nitrogen and oxygen atoms in total. The van der Waals surface area contributed by atoms with E-state index in [4.69, 9.17) is 9.15 Å². The van der Waals surface area contributed by atoms with Crippen LogP contribution in [0.3, 0.4) is 0 Å². The lowest BCUT2D eigenvalue weighted by Gasteiger charge is -2.21. The van der Waals surface area contributed by atoms with Crippen LogP contribution in [0.4, 0.5) is 0 Å². The number of H-pyrrole nitrogens is 1. The number of rotatable bonds is 6. The quantitative estimate of drug-likeness (QED) is 0.648. The largest absolute Gasteiger partial charge is 0.463 e. The molecule has 0 bridgehead atoms. The lowest BCUT2D eigenvalue weighted by Crippen LogP contribution is -2.30. The van der Waals surface area contributed by atoms with E-state index in [0.29, 0.717) is 6.54 Å². The minimum atomic E-state index is -0.437. The number of esters is 1. The molecule has 2 aromatic heterocycles. The summed E-state index contributed by atoms with van der Waals surface area (Å²) in [6, 6.07) is 13.9. The van der Waals surface area contributed by atoms with E-state index in [-0.39, 0.29) is 5.76 Å². The van der Waals surface area contributed by atoms with Crippen molar-refractivity contribution in [3.63, 3.8) is 0 Å². The first-order chi connectivity index (χ1) is 14.2. The zero-order chi connectivity index (χ0) is 20.1. The topological polar surface area (TPSA) is 74.6 Å². The Kier molecular flexibility index (Phi) is 6.07. The van der Waals surface area contributed by atoms with Crippen LogP contribution in [-0.2, 0) is 17.8 Å². The summed E-state index contributed by atoms with van der Waals surface area (Å²) in [6.07, 6.45) is 3.02. The molecule has 1 fully saturated rings. The highest BCUT2D eigenvalue weighted by Gasteiger charge is 2.19. The Morgan fingerprint density at radius 3 is 2.59 bits per heavy atom.